The first kappa shape index (κ1) is 19.3. The van der Waals surface area contributed by atoms with Gasteiger partial charge in [-0.2, -0.15) is 0 Å². The van der Waals surface area contributed by atoms with E-state index in [0.717, 1.165) is 11.1 Å². The number of carbonyl (C=O) groups excluding carboxylic acids is 2. The van der Waals surface area contributed by atoms with Crippen LogP contribution in [0.5, 0.6) is 0 Å². The van der Waals surface area contributed by atoms with Crippen LogP contribution in [-0.2, 0) is 4.79 Å². The predicted octanol–water partition coefficient (Wildman–Crippen LogP) is 1.71. The van der Waals surface area contributed by atoms with Gasteiger partial charge in [-0.3, -0.25) is 14.6 Å². The van der Waals surface area contributed by atoms with Crippen LogP contribution in [0.15, 0.2) is 48.9 Å². The molecule has 7 nitrogen and oxygen atoms in total. The van der Waals surface area contributed by atoms with Crippen LogP contribution in [0.2, 0.25) is 0 Å². The molecule has 7 heteroatoms. The molecule has 2 aromatic rings. The third kappa shape index (κ3) is 3.02. The highest BCUT2D eigenvalue weighted by molar-refractivity contribution is 5.93. The molecule has 2 aliphatic heterocycles. The van der Waals surface area contributed by atoms with Crippen LogP contribution in [0.4, 0.5) is 0 Å². The molecule has 2 fully saturated rings. The van der Waals surface area contributed by atoms with Gasteiger partial charge in [-0.25, -0.2) is 4.98 Å². The van der Waals surface area contributed by atoms with Gasteiger partial charge in [0.15, 0.2) is 0 Å². The van der Waals surface area contributed by atoms with Crippen LogP contribution < -0.4 is 0 Å². The van der Waals surface area contributed by atoms with E-state index in [1.165, 1.54) is 25.5 Å². The lowest BCUT2D eigenvalue weighted by Crippen LogP contribution is -2.85. The first-order valence-corrected chi connectivity index (χ1v) is 9.70. The number of amides is 2. The number of carbonyl (C=O) groups is 2. The predicted molar refractivity (Wildman–Crippen MR) is 108 cm³/mol. The molecular formula is C22H24N4O3. The Labute approximate surface area is 169 Å². The molecule has 0 aliphatic carbocycles. The molecule has 0 radical (unpaired) electrons. The summed E-state index contributed by atoms with van der Waals surface area (Å²) >= 11 is 0. The Morgan fingerprint density at radius 1 is 1.24 bits per heavy atom. The van der Waals surface area contributed by atoms with E-state index in [0.29, 0.717) is 18.8 Å². The number of rotatable bonds is 4. The number of hydrogen-bond acceptors (Lipinski definition) is 5. The van der Waals surface area contributed by atoms with Gasteiger partial charge in [0, 0.05) is 38.3 Å². The fourth-order valence-electron chi connectivity index (χ4n) is 4.86. The van der Waals surface area contributed by atoms with E-state index in [4.69, 9.17) is 0 Å². The second kappa shape index (κ2) is 7.40. The molecule has 29 heavy (non-hydrogen) atoms. The van der Waals surface area contributed by atoms with Gasteiger partial charge in [0.2, 0.25) is 5.91 Å². The van der Waals surface area contributed by atoms with Gasteiger partial charge in [0.25, 0.3) is 5.91 Å². The minimum absolute atomic E-state index is 0.0260. The van der Waals surface area contributed by atoms with Gasteiger partial charge in [0.05, 0.1) is 24.4 Å². The summed E-state index contributed by atoms with van der Waals surface area (Å²) in [6.45, 7) is 4.21. The molecule has 2 atom stereocenters. The second-order valence-electron chi connectivity index (χ2n) is 7.64. The number of allylic oxidation sites excluding steroid dienone is 1. The fraction of sp³-hybridized carbons (Fsp3) is 0.364. The van der Waals surface area contributed by atoms with Gasteiger partial charge in [-0.1, -0.05) is 36.4 Å². The molecule has 1 N–H and O–H groups in total. The highest BCUT2D eigenvalue weighted by Gasteiger charge is 2.67. The molecule has 4 rings (SSSR count). The van der Waals surface area contributed by atoms with Crippen LogP contribution in [-0.4, -0.2) is 68.0 Å². The molecule has 1 aromatic carbocycles. The fourth-order valence-corrected chi connectivity index (χ4v) is 4.86. The molecule has 0 bridgehead atoms. The Balaban J connectivity index is 1.61. The monoisotopic (exact) mass is 392 g/mol. The van der Waals surface area contributed by atoms with Crippen molar-refractivity contribution >= 4 is 17.9 Å². The number of aliphatic hydroxyl groups is 1. The van der Waals surface area contributed by atoms with Crippen molar-refractivity contribution in [3.63, 3.8) is 0 Å². The first-order valence-electron chi connectivity index (χ1n) is 9.70. The second-order valence-corrected chi connectivity index (χ2v) is 7.64. The number of aromatic nitrogens is 2. The largest absolute Gasteiger partial charge is 0.394 e. The highest BCUT2D eigenvalue weighted by atomic mass is 16.3. The molecule has 0 unspecified atom stereocenters. The van der Waals surface area contributed by atoms with Gasteiger partial charge in [-0.05, 0) is 18.1 Å². The Morgan fingerprint density at radius 3 is 2.52 bits per heavy atom. The van der Waals surface area contributed by atoms with Gasteiger partial charge in [-0.15, -0.1) is 0 Å². The van der Waals surface area contributed by atoms with Crippen molar-refractivity contribution in [2.45, 2.75) is 31.3 Å². The number of likely N-dealkylation sites (tertiary alicyclic amines) is 2. The Morgan fingerprint density at radius 2 is 1.97 bits per heavy atom. The van der Waals surface area contributed by atoms with E-state index in [1.54, 1.807) is 9.80 Å². The topological polar surface area (TPSA) is 86.6 Å². The number of aliphatic hydroxyl groups excluding tert-OH is 1. The standard InChI is InChI=1S/C22H24N4O3/c1-3-4-16-5-7-17(8-6-16)20-19(12-27)26(15(2)28)22(20)13-25(14-22)21(29)18-11-23-9-10-24-18/h3-11,19-20,27H,12-14H2,1-2H3/b4-3+/t19-,20-/m1/s1. The van der Waals surface area contributed by atoms with Crippen molar-refractivity contribution in [2.24, 2.45) is 0 Å². The summed E-state index contributed by atoms with van der Waals surface area (Å²) < 4.78 is 0. The van der Waals surface area contributed by atoms with Crippen molar-refractivity contribution in [1.29, 1.82) is 0 Å². The van der Waals surface area contributed by atoms with Crippen LogP contribution in [0.1, 0.15) is 41.4 Å². The molecule has 150 valence electrons. The zero-order valence-corrected chi connectivity index (χ0v) is 16.5. The molecule has 2 amide bonds. The molecule has 3 heterocycles. The Kier molecular flexibility index (Phi) is 4.92. The zero-order chi connectivity index (χ0) is 20.6. The zero-order valence-electron chi connectivity index (χ0n) is 16.5. The number of hydrogen-bond donors (Lipinski definition) is 1. The van der Waals surface area contributed by atoms with Crippen molar-refractivity contribution in [3.05, 3.63) is 65.8 Å². The Bertz CT molecular complexity index is 936. The van der Waals surface area contributed by atoms with Gasteiger partial charge >= 0.3 is 0 Å². The molecule has 1 spiro atoms. The average molecular weight is 392 g/mol. The molecule has 2 aliphatic rings. The lowest BCUT2D eigenvalue weighted by molar-refractivity contribution is -0.191. The minimum atomic E-state index is -0.487. The van der Waals surface area contributed by atoms with Crippen molar-refractivity contribution in [1.82, 2.24) is 19.8 Å². The van der Waals surface area contributed by atoms with E-state index < -0.39 is 5.54 Å². The molecule has 0 saturated carbocycles. The molecule has 1 aromatic heterocycles. The van der Waals surface area contributed by atoms with Crippen LogP contribution >= 0.6 is 0 Å². The van der Waals surface area contributed by atoms with E-state index >= 15 is 0 Å². The number of nitrogens with zero attached hydrogens (tertiary/aromatic N) is 4. The highest BCUT2D eigenvalue weighted by Crippen LogP contribution is 2.54. The maximum absolute atomic E-state index is 12.7. The maximum atomic E-state index is 12.7. The average Bonchev–Trinajstić information content (AvgIpc) is 2.68. The van der Waals surface area contributed by atoms with Crippen molar-refractivity contribution in [2.75, 3.05) is 19.7 Å². The van der Waals surface area contributed by atoms with Crippen LogP contribution in [0.3, 0.4) is 0 Å². The van der Waals surface area contributed by atoms with Crippen LogP contribution in [0, 0.1) is 0 Å². The summed E-state index contributed by atoms with van der Waals surface area (Å²) in [4.78, 5) is 36.5. The smallest absolute Gasteiger partial charge is 0.274 e. The Hall–Kier alpha value is -3.06. The van der Waals surface area contributed by atoms with Gasteiger partial charge < -0.3 is 14.9 Å². The lowest BCUT2D eigenvalue weighted by Gasteiger charge is -2.70. The van der Waals surface area contributed by atoms with Crippen molar-refractivity contribution < 1.29 is 14.7 Å². The normalized spacial score (nSPS) is 22.4. The van der Waals surface area contributed by atoms with E-state index in [1.807, 2.05) is 31.2 Å². The first-order chi connectivity index (χ1) is 14.0. The summed E-state index contributed by atoms with van der Waals surface area (Å²) in [5.74, 6) is -0.304. The third-order valence-corrected chi connectivity index (χ3v) is 5.95. The summed E-state index contributed by atoms with van der Waals surface area (Å²) in [6.07, 6.45) is 8.47. The van der Waals surface area contributed by atoms with Crippen molar-refractivity contribution in [3.8, 4) is 0 Å². The summed E-state index contributed by atoms with van der Waals surface area (Å²) in [5.41, 5.74) is 1.98. The maximum Gasteiger partial charge on any atom is 0.274 e. The quantitative estimate of drug-likeness (QED) is 0.856. The van der Waals surface area contributed by atoms with E-state index in [2.05, 4.69) is 22.1 Å². The van der Waals surface area contributed by atoms with E-state index in [9.17, 15) is 14.7 Å². The molecule has 2 saturated heterocycles. The van der Waals surface area contributed by atoms with Gasteiger partial charge in [0.1, 0.15) is 5.69 Å². The minimum Gasteiger partial charge on any atom is -0.394 e. The lowest BCUT2D eigenvalue weighted by atomic mass is 9.60. The third-order valence-electron chi connectivity index (χ3n) is 5.95. The summed E-state index contributed by atoms with van der Waals surface area (Å²) in [5, 5.41) is 9.98. The summed E-state index contributed by atoms with van der Waals surface area (Å²) in [6, 6.07) is 7.89. The van der Waals surface area contributed by atoms with E-state index in [-0.39, 0.29) is 30.4 Å². The molecular weight excluding hydrogens is 368 g/mol. The SMILES string of the molecule is C/C=C/c1ccc([C@@H]2[C@@H](CO)N(C(C)=O)C23CN(C(=O)c2cnccn2)C3)cc1. The summed E-state index contributed by atoms with van der Waals surface area (Å²) in [7, 11) is 0. The number of benzene rings is 1. The van der Waals surface area contributed by atoms with Crippen LogP contribution in [0.25, 0.3) is 6.08 Å².